The number of hydrogen-bond donors (Lipinski definition) is 0. The molecule has 0 aliphatic carbocycles. The Balaban J connectivity index is 0.000000882. The Bertz CT molecular complexity index is 909. The Morgan fingerprint density at radius 1 is 1.05 bits per heavy atom. The van der Waals surface area contributed by atoms with Gasteiger partial charge in [0.25, 0.3) is 0 Å². The molecule has 0 aliphatic heterocycles. The van der Waals surface area contributed by atoms with Crippen LogP contribution in [-0.4, -0.2) is 4.98 Å². The zero-order valence-electron chi connectivity index (χ0n) is 13.2. The summed E-state index contributed by atoms with van der Waals surface area (Å²) in [5.41, 5.74) is 4.21. The summed E-state index contributed by atoms with van der Waals surface area (Å²) < 4.78 is 6.98. The minimum atomic E-state index is 0. The van der Waals surface area contributed by atoms with E-state index in [0.717, 1.165) is 32.0 Å². The van der Waals surface area contributed by atoms with Gasteiger partial charge in [0.15, 0.2) is 5.76 Å². The molecule has 4 aromatic rings. The van der Waals surface area contributed by atoms with E-state index in [1.807, 2.05) is 12.1 Å². The summed E-state index contributed by atoms with van der Waals surface area (Å²) in [5.74, 6) is 0.816. The van der Waals surface area contributed by atoms with Gasteiger partial charge in [-0.25, -0.2) is 11.3 Å². The van der Waals surface area contributed by atoms with Crippen molar-refractivity contribution < 1.29 is 107 Å². The Labute approximate surface area is 218 Å². The first-order chi connectivity index (χ1) is 9.70. The van der Waals surface area contributed by atoms with E-state index in [4.69, 9.17) is 4.42 Å². The SMILES string of the molecule is Cc1cc(C)c2cc(-c3nc4[c-]cc[c-]c4s3)oc2c1.[K+].[K+]. The molecule has 0 aliphatic rings. The van der Waals surface area contributed by atoms with Crippen molar-refractivity contribution in [2.45, 2.75) is 13.8 Å². The third kappa shape index (κ3) is 3.70. The molecule has 22 heavy (non-hydrogen) atoms. The minimum absolute atomic E-state index is 0. The van der Waals surface area contributed by atoms with Gasteiger partial charge in [0.05, 0.1) is 0 Å². The van der Waals surface area contributed by atoms with Gasteiger partial charge in [-0.15, -0.1) is 5.52 Å². The van der Waals surface area contributed by atoms with Crippen molar-refractivity contribution in [1.29, 1.82) is 0 Å². The molecule has 0 saturated heterocycles. The van der Waals surface area contributed by atoms with E-state index >= 15 is 0 Å². The molecule has 0 saturated carbocycles. The second-order valence-corrected chi connectivity index (χ2v) is 5.92. The van der Waals surface area contributed by atoms with Crippen LogP contribution in [0.4, 0.5) is 0 Å². The van der Waals surface area contributed by atoms with Crippen LogP contribution in [0.1, 0.15) is 11.1 Å². The van der Waals surface area contributed by atoms with E-state index in [9.17, 15) is 0 Å². The minimum Gasteiger partial charge on any atom is -0.454 e. The van der Waals surface area contributed by atoms with E-state index < -0.39 is 0 Å². The van der Waals surface area contributed by atoms with Gasteiger partial charge in [0.1, 0.15) is 10.6 Å². The topological polar surface area (TPSA) is 26.0 Å². The smallest absolute Gasteiger partial charge is 0.454 e. The average molecular weight is 356 g/mol. The second kappa shape index (κ2) is 8.01. The monoisotopic (exact) mass is 355 g/mol. The van der Waals surface area contributed by atoms with Crippen LogP contribution in [0.5, 0.6) is 0 Å². The molecule has 2 aromatic carbocycles. The van der Waals surface area contributed by atoms with Gasteiger partial charge >= 0.3 is 103 Å². The quantitative estimate of drug-likeness (QED) is 0.321. The molecule has 0 spiro atoms. The third-order valence-corrected chi connectivity index (χ3v) is 4.35. The Kier molecular flexibility index (Phi) is 7.09. The van der Waals surface area contributed by atoms with Gasteiger partial charge in [-0.3, -0.25) is 24.3 Å². The predicted octanol–water partition coefficient (Wildman–Crippen LogP) is -1.07. The molecule has 0 amide bonds. The number of furan rings is 1. The van der Waals surface area contributed by atoms with Crippen molar-refractivity contribution in [2.24, 2.45) is 0 Å². The second-order valence-electron chi connectivity index (χ2n) is 4.92. The molecule has 0 fully saturated rings. The van der Waals surface area contributed by atoms with Crippen molar-refractivity contribution in [2.75, 3.05) is 0 Å². The maximum Gasteiger partial charge on any atom is 1.00 e. The van der Waals surface area contributed by atoms with Gasteiger partial charge in [-0.05, 0) is 37.1 Å². The summed E-state index contributed by atoms with van der Waals surface area (Å²) in [6.07, 6.45) is 0. The molecular weight excluding hydrogens is 344 g/mol. The molecule has 2 nitrogen and oxygen atoms in total. The van der Waals surface area contributed by atoms with E-state index in [1.54, 1.807) is 11.3 Å². The van der Waals surface area contributed by atoms with Gasteiger partial charge in [0, 0.05) is 5.39 Å². The van der Waals surface area contributed by atoms with Gasteiger partial charge in [0.2, 0.25) is 0 Å². The molecule has 0 N–H and O–H groups in total. The Morgan fingerprint density at radius 3 is 2.59 bits per heavy atom. The summed E-state index contributed by atoms with van der Waals surface area (Å²) in [4.78, 5) is 4.57. The summed E-state index contributed by atoms with van der Waals surface area (Å²) in [5, 5.41) is 2.03. The summed E-state index contributed by atoms with van der Waals surface area (Å²) in [6.45, 7) is 4.19. The summed E-state index contributed by atoms with van der Waals surface area (Å²) in [7, 11) is 0. The fourth-order valence-electron chi connectivity index (χ4n) is 2.45. The molecule has 0 bridgehead atoms. The standard InChI is InChI=1S/C17H11NOS.2K/c1-10-7-11(2)12-9-15(19-14(12)8-10)17-18-13-5-3-4-6-16(13)20-17;;/h3-4,7-9H,1-2H3;;/q-2;2*+1. The third-order valence-electron chi connectivity index (χ3n) is 3.34. The maximum atomic E-state index is 5.97. The number of aryl methyl sites for hydroxylation is 2. The largest absolute Gasteiger partial charge is 1.00 e. The first-order valence-electron chi connectivity index (χ1n) is 6.41. The van der Waals surface area contributed by atoms with Gasteiger partial charge in [-0.2, -0.15) is 4.70 Å². The zero-order valence-corrected chi connectivity index (χ0v) is 20.2. The summed E-state index contributed by atoms with van der Waals surface area (Å²) in [6, 6.07) is 16.3. The average Bonchev–Trinajstić information content (AvgIpc) is 3.01. The van der Waals surface area contributed by atoms with Gasteiger partial charge in [-0.1, -0.05) is 6.07 Å². The normalized spacial score (nSPS) is 10.5. The Morgan fingerprint density at radius 2 is 1.82 bits per heavy atom. The number of nitrogens with zero attached hydrogens (tertiary/aromatic N) is 1. The summed E-state index contributed by atoms with van der Waals surface area (Å²) >= 11 is 1.58. The van der Waals surface area contributed by atoms with Crippen LogP contribution in [0.2, 0.25) is 0 Å². The van der Waals surface area contributed by atoms with Crippen LogP contribution in [-0.2, 0) is 0 Å². The fourth-order valence-corrected chi connectivity index (χ4v) is 3.31. The number of fused-ring (bicyclic) bond motifs is 2. The Hall–Kier alpha value is 1.14. The molecule has 0 atom stereocenters. The van der Waals surface area contributed by atoms with Crippen molar-refractivity contribution >= 4 is 32.5 Å². The molecule has 98 valence electrons. The zero-order chi connectivity index (χ0) is 13.7. The van der Waals surface area contributed by atoms with Crippen LogP contribution in [0.3, 0.4) is 0 Å². The molecular formula is C17H11K2NOS. The van der Waals surface area contributed by atoms with Gasteiger partial charge < -0.3 is 9.40 Å². The van der Waals surface area contributed by atoms with Crippen molar-refractivity contribution in [3.63, 3.8) is 0 Å². The van der Waals surface area contributed by atoms with Crippen LogP contribution >= 0.6 is 11.3 Å². The number of hydrogen-bond acceptors (Lipinski definition) is 3. The molecule has 0 radical (unpaired) electrons. The van der Waals surface area contributed by atoms with E-state index in [-0.39, 0.29) is 103 Å². The van der Waals surface area contributed by atoms with Crippen molar-refractivity contribution in [1.82, 2.24) is 4.98 Å². The van der Waals surface area contributed by atoms with E-state index in [0.29, 0.717) is 0 Å². The first-order valence-corrected chi connectivity index (χ1v) is 7.22. The number of aromatic nitrogens is 1. The van der Waals surface area contributed by atoms with Crippen LogP contribution < -0.4 is 103 Å². The number of rotatable bonds is 1. The molecule has 2 heterocycles. The van der Waals surface area contributed by atoms with Crippen LogP contribution in [0, 0.1) is 26.0 Å². The van der Waals surface area contributed by atoms with Crippen LogP contribution in [0.15, 0.2) is 34.7 Å². The molecule has 2 aromatic heterocycles. The first kappa shape index (κ1) is 19.5. The maximum absolute atomic E-state index is 5.97. The predicted molar refractivity (Wildman–Crippen MR) is 82.0 cm³/mol. The van der Waals surface area contributed by atoms with Crippen molar-refractivity contribution in [3.05, 3.63) is 53.6 Å². The number of benzene rings is 2. The molecule has 5 heteroatoms. The van der Waals surface area contributed by atoms with Crippen molar-refractivity contribution in [3.8, 4) is 10.8 Å². The molecule has 4 rings (SSSR count). The fraction of sp³-hybridized carbons (Fsp3) is 0.118. The number of thiazole rings is 1. The molecule has 0 unspecified atom stereocenters. The van der Waals surface area contributed by atoms with E-state index in [2.05, 4.69) is 49.2 Å². The van der Waals surface area contributed by atoms with E-state index in [1.165, 1.54) is 11.1 Å². The van der Waals surface area contributed by atoms with Crippen LogP contribution in [0.25, 0.3) is 32.0 Å².